The maximum Gasteiger partial charge on any atom is 0.0779 e. The Morgan fingerprint density at radius 1 is 1.44 bits per heavy atom. The molecular formula is C13H24BrN3O. The minimum Gasteiger partial charge on any atom is -0.379 e. The largest absolute Gasteiger partial charge is 0.379 e. The van der Waals surface area contributed by atoms with E-state index in [2.05, 4.69) is 58.7 Å². The van der Waals surface area contributed by atoms with E-state index in [0.717, 1.165) is 17.4 Å². The van der Waals surface area contributed by atoms with Crippen LogP contribution in [0.15, 0.2) is 10.7 Å². The molecule has 1 heterocycles. The van der Waals surface area contributed by atoms with Gasteiger partial charge >= 0.3 is 0 Å². The Morgan fingerprint density at radius 2 is 2.11 bits per heavy atom. The van der Waals surface area contributed by atoms with E-state index in [-0.39, 0.29) is 12.1 Å². The highest BCUT2D eigenvalue weighted by atomic mass is 79.9. The van der Waals surface area contributed by atoms with Gasteiger partial charge in [0.1, 0.15) is 0 Å². The number of likely N-dealkylation sites (N-methyl/N-ethyl adjacent to an activating group) is 1. The van der Waals surface area contributed by atoms with Gasteiger partial charge in [-0.2, -0.15) is 5.10 Å². The summed E-state index contributed by atoms with van der Waals surface area (Å²) < 4.78 is 8.70. The van der Waals surface area contributed by atoms with E-state index in [1.807, 2.05) is 6.20 Å². The number of ether oxygens (including phenoxy) is 1. The third kappa shape index (κ3) is 3.33. The summed E-state index contributed by atoms with van der Waals surface area (Å²) in [5, 5.41) is 7.95. The molecule has 0 saturated carbocycles. The molecule has 0 saturated heterocycles. The number of methoxy groups -OCH3 is 1. The Labute approximate surface area is 118 Å². The first kappa shape index (κ1) is 15.7. The fraction of sp³-hybridized carbons (Fsp3) is 0.769. The van der Waals surface area contributed by atoms with Crippen molar-refractivity contribution in [3.05, 3.63) is 16.4 Å². The van der Waals surface area contributed by atoms with Gasteiger partial charge in [0.25, 0.3) is 0 Å². The molecule has 0 aliphatic rings. The molecule has 0 radical (unpaired) electrons. The highest BCUT2D eigenvalue weighted by Crippen LogP contribution is 2.30. The van der Waals surface area contributed by atoms with Crippen LogP contribution in [0.5, 0.6) is 0 Å². The van der Waals surface area contributed by atoms with Crippen molar-refractivity contribution in [3.8, 4) is 0 Å². The van der Waals surface area contributed by atoms with E-state index in [4.69, 9.17) is 4.74 Å². The number of rotatable bonds is 7. The SMILES string of the molecule is CCNC(c1c(Br)cnn1C(C)C)C(CC)OC. The van der Waals surface area contributed by atoms with E-state index in [1.165, 1.54) is 5.69 Å². The fourth-order valence-corrected chi connectivity index (χ4v) is 2.74. The van der Waals surface area contributed by atoms with Crippen LogP contribution in [0.25, 0.3) is 0 Å². The van der Waals surface area contributed by atoms with Crippen molar-refractivity contribution in [1.82, 2.24) is 15.1 Å². The first-order valence-corrected chi connectivity index (χ1v) is 7.35. The first-order chi connectivity index (χ1) is 8.56. The Balaban J connectivity index is 3.15. The minimum atomic E-state index is 0.149. The van der Waals surface area contributed by atoms with Crippen LogP contribution >= 0.6 is 15.9 Å². The van der Waals surface area contributed by atoms with Gasteiger partial charge in [-0.3, -0.25) is 4.68 Å². The third-order valence-electron chi connectivity index (χ3n) is 3.07. The molecule has 1 aromatic rings. The molecule has 18 heavy (non-hydrogen) atoms. The lowest BCUT2D eigenvalue weighted by molar-refractivity contribution is 0.0621. The van der Waals surface area contributed by atoms with E-state index in [1.54, 1.807) is 7.11 Å². The summed E-state index contributed by atoms with van der Waals surface area (Å²) >= 11 is 3.60. The second kappa shape index (κ2) is 7.26. The lowest BCUT2D eigenvalue weighted by Gasteiger charge is -2.28. The monoisotopic (exact) mass is 317 g/mol. The van der Waals surface area contributed by atoms with Crippen LogP contribution in [0.4, 0.5) is 0 Å². The van der Waals surface area contributed by atoms with Crippen LogP contribution in [0.1, 0.15) is 51.9 Å². The highest BCUT2D eigenvalue weighted by Gasteiger charge is 2.27. The number of nitrogens with one attached hydrogen (secondary N) is 1. The van der Waals surface area contributed by atoms with Crippen molar-refractivity contribution in [2.24, 2.45) is 0 Å². The molecule has 2 atom stereocenters. The van der Waals surface area contributed by atoms with Crippen molar-refractivity contribution in [3.63, 3.8) is 0 Å². The number of hydrogen-bond acceptors (Lipinski definition) is 3. The second-order valence-electron chi connectivity index (χ2n) is 4.63. The summed E-state index contributed by atoms with van der Waals surface area (Å²) in [4.78, 5) is 0. The van der Waals surface area contributed by atoms with Crippen LogP contribution in [0.2, 0.25) is 0 Å². The van der Waals surface area contributed by atoms with Gasteiger partial charge in [-0.05, 0) is 42.7 Å². The van der Waals surface area contributed by atoms with Gasteiger partial charge < -0.3 is 10.1 Å². The van der Waals surface area contributed by atoms with Crippen molar-refractivity contribution in [1.29, 1.82) is 0 Å². The highest BCUT2D eigenvalue weighted by molar-refractivity contribution is 9.10. The molecule has 4 nitrogen and oxygen atoms in total. The number of hydrogen-bond donors (Lipinski definition) is 1. The van der Waals surface area contributed by atoms with Gasteiger partial charge in [0, 0.05) is 13.2 Å². The van der Waals surface area contributed by atoms with Crippen LogP contribution in [-0.4, -0.2) is 29.5 Å². The quantitative estimate of drug-likeness (QED) is 0.838. The van der Waals surface area contributed by atoms with Gasteiger partial charge in [-0.1, -0.05) is 13.8 Å². The maximum atomic E-state index is 5.60. The first-order valence-electron chi connectivity index (χ1n) is 6.55. The normalized spacial score (nSPS) is 15.1. The molecule has 0 aliphatic carbocycles. The summed E-state index contributed by atoms with van der Waals surface area (Å²) in [6.07, 6.45) is 2.97. The summed E-state index contributed by atoms with van der Waals surface area (Å²) in [6, 6.07) is 0.492. The Bertz CT molecular complexity index is 361. The summed E-state index contributed by atoms with van der Waals surface area (Å²) in [5.41, 5.74) is 1.17. The molecular weight excluding hydrogens is 294 g/mol. The molecule has 0 aliphatic heterocycles. The van der Waals surface area contributed by atoms with Crippen molar-refractivity contribution < 1.29 is 4.74 Å². The van der Waals surface area contributed by atoms with Gasteiger partial charge in [0.05, 0.1) is 28.5 Å². The van der Waals surface area contributed by atoms with E-state index < -0.39 is 0 Å². The topological polar surface area (TPSA) is 39.1 Å². The zero-order valence-corrected chi connectivity index (χ0v) is 13.5. The minimum absolute atomic E-state index is 0.149. The van der Waals surface area contributed by atoms with Gasteiger partial charge in [0.2, 0.25) is 0 Å². The van der Waals surface area contributed by atoms with Gasteiger partial charge in [-0.15, -0.1) is 0 Å². The van der Waals surface area contributed by atoms with E-state index in [9.17, 15) is 0 Å². The zero-order chi connectivity index (χ0) is 13.7. The second-order valence-corrected chi connectivity index (χ2v) is 5.49. The van der Waals surface area contributed by atoms with Crippen LogP contribution in [-0.2, 0) is 4.74 Å². The predicted molar refractivity (Wildman–Crippen MR) is 77.8 cm³/mol. The van der Waals surface area contributed by atoms with Gasteiger partial charge in [0.15, 0.2) is 0 Å². The average molecular weight is 318 g/mol. The van der Waals surface area contributed by atoms with E-state index >= 15 is 0 Å². The number of nitrogens with zero attached hydrogens (tertiary/aromatic N) is 2. The molecule has 104 valence electrons. The number of aromatic nitrogens is 2. The Hall–Kier alpha value is -0.390. The lowest BCUT2D eigenvalue weighted by Crippen LogP contribution is -2.35. The van der Waals surface area contributed by atoms with Crippen molar-refractivity contribution >= 4 is 15.9 Å². The van der Waals surface area contributed by atoms with Crippen molar-refractivity contribution in [2.45, 2.75) is 52.3 Å². The maximum absolute atomic E-state index is 5.60. The summed E-state index contributed by atoms with van der Waals surface area (Å²) in [6.45, 7) is 9.43. The average Bonchev–Trinajstić information content (AvgIpc) is 2.71. The van der Waals surface area contributed by atoms with Crippen LogP contribution in [0, 0.1) is 0 Å². The van der Waals surface area contributed by atoms with Crippen molar-refractivity contribution in [2.75, 3.05) is 13.7 Å². The smallest absolute Gasteiger partial charge is 0.0779 e. The molecule has 0 amide bonds. The molecule has 0 spiro atoms. The molecule has 2 unspecified atom stereocenters. The summed E-state index contributed by atoms with van der Waals surface area (Å²) in [7, 11) is 1.77. The zero-order valence-electron chi connectivity index (χ0n) is 11.9. The molecule has 1 N–H and O–H groups in total. The fourth-order valence-electron chi connectivity index (χ4n) is 2.22. The molecule has 0 bridgehead atoms. The van der Waals surface area contributed by atoms with Crippen LogP contribution in [0.3, 0.4) is 0 Å². The standard InChI is InChI=1S/C13H24BrN3O/c1-6-11(18-5)12(15-7-2)13-10(14)8-16-17(13)9(3)4/h8-9,11-12,15H,6-7H2,1-5H3. The molecule has 0 fully saturated rings. The predicted octanol–water partition coefficient (Wildman–Crippen LogP) is 3.30. The van der Waals surface area contributed by atoms with E-state index in [0.29, 0.717) is 6.04 Å². The van der Waals surface area contributed by atoms with Gasteiger partial charge in [-0.25, -0.2) is 0 Å². The molecule has 1 rings (SSSR count). The molecule has 1 aromatic heterocycles. The molecule has 5 heteroatoms. The van der Waals surface area contributed by atoms with Crippen LogP contribution < -0.4 is 5.32 Å². The Kier molecular flexibility index (Phi) is 6.32. The number of halogens is 1. The third-order valence-corrected chi connectivity index (χ3v) is 3.68. The Morgan fingerprint density at radius 3 is 2.56 bits per heavy atom. The lowest BCUT2D eigenvalue weighted by atomic mass is 10.0. The molecule has 0 aromatic carbocycles. The summed E-state index contributed by atoms with van der Waals surface area (Å²) in [5.74, 6) is 0.